The molecule has 0 aliphatic carbocycles. The number of nitrogens with one attached hydrogen (secondary N) is 3. The van der Waals surface area contributed by atoms with Gasteiger partial charge in [-0.2, -0.15) is 4.31 Å². The van der Waals surface area contributed by atoms with E-state index >= 15 is 4.39 Å². The van der Waals surface area contributed by atoms with Crippen LogP contribution in [0.1, 0.15) is 36.0 Å². The minimum atomic E-state index is -3.56. The Balaban J connectivity index is 1.70. The first-order valence-corrected chi connectivity index (χ1v) is 16.0. The lowest BCUT2D eigenvalue weighted by Crippen LogP contribution is -2.58. The van der Waals surface area contributed by atoms with Gasteiger partial charge in [-0.25, -0.2) is 30.8 Å². The molecule has 0 spiro atoms. The molecule has 4 rings (SSSR count). The molecule has 4 unspecified atom stereocenters. The lowest BCUT2D eigenvalue weighted by Gasteiger charge is -2.39. The van der Waals surface area contributed by atoms with Crippen LogP contribution < -0.4 is 16.0 Å². The van der Waals surface area contributed by atoms with Crippen molar-refractivity contribution in [3.63, 3.8) is 0 Å². The minimum absolute atomic E-state index is 0.0406. The molecular formula is C31H34F4N4O5S. The number of hydrogen-bond donors (Lipinski definition) is 3. The summed E-state index contributed by atoms with van der Waals surface area (Å²) >= 11 is 0. The highest BCUT2D eigenvalue weighted by Gasteiger charge is 2.36. The second-order valence-electron chi connectivity index (χ2n) is 10.9. The second-order valence-corrected chi connectivity index (χ2v) is 12.8. The first kappa shape index (κ1) is 33.9. The minimum Gasteiger partial charge on any atom is -0.453 e. The Morgan fingerprint density at radius 2 is 1.64 bits per heavy atom. The molecule has 1 fully saturated rings. The number of sulfonamides is 1. The monoisotopic (exact) mass is 650 g/mol. The Kier molecular flexibility index (Phi) is 10.8. The Hall–Kier alpha value is -4.01. The summed E-state index contributed by atoms with van der Waals surface area (Å²) in [7, 11) is -2.50. The van der Waals surface area contributed by atoms with E-state index < -0.39 is 63.3 Å². The van der Waals surface area contributed by atoms with Crippen molar-refractivity contribution in [1.29, 1.82) is 0 Å². The summed E-state index contributed by atoms with van der Waals surface area (Å²) in [5.74, 6) is -5.30. The molecule has 3 N–H and O–H groups in total. The largest absolute Gasteiger partial charge is 0.453 e. The van der Waals surface area contributed by atoms with Crippen LogP contribution in [0.4, 0.5) is 28.0 Å². The zero-order valence-electron chi connectivity index (χ0n) is 24.8. The van der Waals surface area contributed by atoms with Gasteiger partial charge < -0.3 is 20.7 Å². The number of carbonyl (C=O) groups excluding carboxylic acids is 2. The standard InChI is InChI=1S/C31H34F4N4O5S/c1-18-16-36-17-24(39(18)45(3,42)43)11-12-25-26(35)5-4-6-27(25)37-30(40)29(38-31(41)44-2)28(19-7-9-21(32)10-8-19)20-13-22(33)15-23(34)14-20/h4-10,13-15,18,24,28-29,36H,11-12,16-17H2,1-3H3,(H,37,40)(H,38,41). The summed E-state index contributed by atoms with van der Waals surface area (Å²) in [4.78, 5) is 26.4. The van der Waals surface area contributed by atoms with E-state index in [0.29, 0.717) is 19.2 Å². The SMILES string of the molecule is COC(=O)NC(C(=O)Nc1cccc(F)c1CCC1CNCC(C)N1S(C)(=O)=O)C(c1ccc(F)cc1)c1cc(F)cc(F)c1. The highest BCUT2D eigenvalue weighted by molar-refractivity contribution is 7.88. The number of hydrogen-bond acceptors (Lipinski definition) is 6. The van der Waals surface area contributed by atoms with Crippen LogP contribution in [0, 0.1) is 23.3 Å². The number of methoxy groups -OCH3 is 1. The maximum atomic E-state index is 15.2. The Morgan fingerprint density at radius 3 is 2.27 bits per heavy atom. The van der Waals surface area contributed by atoms with Crippen molar-refractivity contribution in [1.82, 2.24) is 14.9 Å². The van der Waals surface area contributed by atoms with Crippen LogP contribution in [0.5, 0.6) is 0 Å². The summed E-state index contributed by atoms with van der Waals surface area (Å²) in [6.45, 7) is 2.58. The van der Waals surface area contributed by atoms with Gasteiger partial charge in [0, 0.05) is 48.4 Å². The van der Waals surface area contributed by atoms with Crippen LogP contribution in [0.25, 0.3) is 0 Å². The summed E-state index contributed by atoms with van der Waals surface area (Å²) in [6.07, 6.45) is 0.337. The predicted molar refractivity (Wildman–Crippen MR) is 160 cm³/mol. The van der Waals surface area contributed by atoms with Crippen molar-refractivity contribution in [3.8, 4) is 0 Å². The van der Waals surface area contributed by atoms with Gasteiger partial charge >= 0.3 is 6.09 Å². The third kappa shape index (κ3) is 8.38. The van der Waals surface area contributed by atoms with E-state index in [1.807, 2.05) is 0 Å². The molecule has 1 saturated heterocycles. The van der Waals surface area contributed by atoms with Gasteiger partial charge in [0.15, 0.2) is 0 Å². The van der Waals surface area contributed by atoms with Crippen molar-refractivity contribution < 1.29 is 40.3 Å². The van der Waals surface area contributed by atoms with E-state index in [2.05, 4.69) is 16.0 Å². The predicted octanol–water partition coefficient (Wildman–Crippen LogP) is 4.29. The summed E-state index contributed by atoms with van der Waals surface area (Å²) in [6, 6.07) is 9.03. The van der Waals surface area contributed by atoms with Crippen LogP contribution in [0.2, 0.25) is 0 Å². The molecule has 0 saturated carbocycles. The molecule has 9 nitrogen and oxygen atoms in total. The van der Waals surface area contributed by atoms with E-state index in [9.17, 15) is 31.2 Å². The molecule has 0 radical (unpaired) electrons. The summed E-state index contributed by atoms with van der Waals surface area (Å²) < 4.78 is 88.9. The number of carbonyl (C=O) groups is 2. The summed E-state index contributed by atoms with van der Waals surface area (Å²) in [5.41, 5.74) is 0.319. The van der Waals surface area contributed by atoms with E-state index in [1.54, 1.807) is 6.92 Å². The smallest absolute Gasteiger partial charge is 0.407 e. The van der Waals surface area contributed by atoms with Crippen LogP contribution in [-0.2, 0) is 26.0 Å². The van der Waals surface area contributed by atoms with Gasteiger partial charge in [-0.15, -0.1) is 0 Å². The lowest BCUT2D eigenvalue weighted by molar-refractivity contribution is -0.118. The first-order valence-electron chi connectivity index (χ1n) is 14.1. The van der Waals surface area contributed by atoms with E-state index in [1.165, 1.54) is 34.6 Å². The number of amides is 2. The van der Waals surface area contributed by atoms with Crippen molar-refractivity contribution in [2.75, 3.05) is 31.8 Å². The lowest BCUT2D eigenvalue weighted by atomic mass is 9.84. The van der Waals surface area contributed by atoms with Crippen molar-refractivity contribution >= 4 is 27.7 Å². The normalized spacial score (nSPS) is 18.6. The molecule has 0 aromatic heterocycles. The average molecular weight is 651 g/mol. The van der Waals surface area contributed by atoms with Gasteiger partial charge in [0.05, 0.1) is 13.4 Å². The number of anilines is 1. The van der Waals surface area contributed by atoms with E-state index in [0.717, 1.165) is 37.6 Å². The molecule has 0 bridgehead atoms. The Bertz CT molecular complexity index is 1620. The molecule has 3 aromatic carbocycles. The van der Waals surface area contributed by atoms with Crippen LogP contribution in [-0.4, -0.2) is 69.3 Å². The third-order valence-corrected chi connectivity index (χ3v) is 9.07. The number of rotatable bonds is 10. The van der Waals surface area contributed by atoms with Crippen molar-refractivity contribution in [2.24, 2.45) is 0 Å². The van der Waals surface area contributed by atoms with Gasteiger partial charge in [0.2, 0.25) is 15.9 Å². The fraction of sp³-hybridized carbons (Fsp3) is 0.355. The Morgan fingerprint density at radius 1 is 0.978 bits per heavy atom. The first-order chi connectivity index (χ1) is 21.3. The number of nitrogens with zero attached hydrogens (tertiary/aromatic N) is 1. The molecule has 45 heavy (non-hydrogen) atoms. The fourth-order valence-electron chi connectivity index (χ4n) is 5.77. The van der Waals surface area contributed by atoms with Gasteiger partial charge in [0.1, 0.15) is 29.3 Å². The van der Waals surface area contributed by atoms with Gasteiger partial charge in [-0.05, 0) is 67.3 Å². The zero-order valence-corrected chi connectivity index (χ0v) is 25.6. The Labute approximate surface area is 259 Å². The van der Waals surface area contributed by atoms with Gasteiger partial charge in [-0.1, -0.05) is 18.2 Å². The zero-order chi connectivity index (χ0) is 32.9. The molecule has 2 amide bonds. The average Bonchev–Trinajstić information content (AvgIpc) is 2.96. The molecule has 242 valence electrons. The molecule has 1 aliphatic rings. The maximum Gasteiger partial charge on any atom is 0.407 e. The highest BCUT2D eigenvalue weighted by Crippen LogP contribution is 2.32. The van der Waals surface area contributed by atoms with Gasteiger partial charge in [0.25, 0.3) is 0 Å². The highest BCUT2D eigenvalue weighted by atomic mass is 32.2. The van der Waals surface area contributed by atoms with Crippen LogP contribution in [0.3, 0.4) is 0 Å². The van der Waals surface area contributed by atoms with Crippen molar-refractivity contribution in [2.45, 2.75) is 43.8 Å². The fourth-order valence-corrected chi connectivity index (χ4v) is 7.22. The number of alkyl carbamates (subject to hydrolysis) is 1. The van der Waals surface area contributed by atoms with Crippen molar-refractivity contribution in [3.05, 3.63) is 101 Å². The molecule has 4 atom stereocenters. The number of halogens is 4. The topological polar surface area (TPSA) is 117 Å². The van der Waals surface area contributed by atoms with Crippen LogP contribution in [0.15, 0.2) is 60.7 Å². The van der Waals surface area contributed by atoms with E-state index in [4.69, 9.17) is 4.74 Å². The quantitative estimate of drug-likeness (QED) is 0.282. The number of benzene rings is 3. The molecule has 1 aliphatic heterocycles. The third-order valence-electron chi connectivity index (χ3n) is 7.65. The van der Waals surface area contributed by atoms with E-state index in [-0.39, 0.29) is 41.3 Å². The maximum absolute atomic E-state index is 15.2. The van der Waals surface area contributed by atoms with Gasteiger partial charge in [-0.3, -0.25) is 4.79 Å². The number of piperazine rings is 1. The molecule has 3 aromatic rings. The molecule has 14 heteroatoms. The molecule has 1 heterocycles. The molecular weight excluding hydrogens is 616 g/mol. The van der Waals surface area contributed by atoms with Crippen LogP contribution >= 0.6 is 0 Å². The number of ether oxygens (including phenoxy) is 1. The summed E-state index contributed by atoms with van der Waals surface area (Å²) in [5, 5.41) is 8.20. The second kappa shape index (κ2) is 14.4.